The molecule has 4 aliphatic rings. The van der Waals surface area contributed by atoms with E-state index >= 15 is 0 Å². The van der Waals surface area contributed by atoms with E-state index in [-0.39, 0.29) is 35.9 Å². The fraction of sp³-hybridized carbons (Fsp3) is 0.917. The minimum Gasteiger partial charge on any atom is -0.465 e. The molecule has 0 spiro atoms. The number of nitrogens with zero attached hydrogens (tertiary/aromatic N) is 1. The fourth-order valence-electron chi connectivity index (χ4n) is 6.33. The van der Waals surface area contributed by atoms with E-state index < -0.39 is 0 Å². The van der Waals surface area contributed by atoms with Crippen molar-refractivity contribution in [3.05, 3.63) is 0 Å². The summed E-state index contributed by atoms with van der Waals surface area (Å²) in [7, 11) is 2.10. The van der Waals surface area contributed by atoms with Crippen LogP contribution in [-0.2, 0) is 19.1 Å². The smallest absolute Gasteiger partial charge is 0.314 e. The highest BCUT2D eigenvalue weighted by molar-refractivity contribution is 5.76. The van der Waals surface area contributed by atoms with Crippen LogP contribution in [0.3, 0.4) is 0 Å². The SMILES string of the molecule is CN1C2CC[C@@H]1C[C@@H](OC(=O)C1CCCCC1)C2C(=O)OCCC1CCC(N)CC1. The third kappa shape index (κ3) is 5.01. The molecule has 4 atom stereocenters. The van der Waals surface area contributed by atoms with Crippen molar-refractivity contribution in [2.75, 3.05) is 13.7 Å². The van der Waals surface area contributed by atoms with Crippen LogP contribution in [0.2, 0.25) is 0 Å². The molecule has 2 aliphatic heterocycles. The first-order chi connectivity index (χ1) is 14.5. The van der Waals surface area contributed by atoms with Crippen LogP contribution in [0.4, 0.5) is 0 Å². The Morgan fingerprint density at radius 2 is 1.67 bits per heavy atom. The highest BCUT2D eigenvalue weighted by Crippen LogP contribution is 2.41. The largest absolute Gasteiger partial charge is 0.465 e. The summed E-state index contributed by atoms with van der Waals surface area (Å²) in [6, 6.07) is 0.888. The van der Waals surface area contributed by atoms with Gasteiger partial charge in [-0.25, -0.2) is 0 Å². The second-order valence-electron chi connectivity index (χ2n) is 10.3. The molecule has 2 bridgehead atoms. The van der Waals surface area contributed by atoms with Gasteiger partial charge in [0.2, 0.25) is 0 Å². The minimum atomic E-state index is -0.346. The molecule has 2 saturated carbocycles. The highest BCUT2D eigenvalue weighted by Gasteiger charge is 2.51. The lowest BCUT2D eigenvalue weighted by Crippen LogP contribution is -2.54. The van der Waals surface area contributed by atoms with Crippen molar-refractivity contribution >= 4 is 11.9 Å². The van der Waals surface area contributed by atoms with E-state index in [4.69, 9.17) is 15.2 Å². The summed E-state index contributed by atoms with van der Waals surface area (Å²) in [6.07, 6.45) is 13.1. The van der Waals surface area contributed by atoms with Gasteiger partial charge in [0.15, 0.2) is 0 Å². The normalized spacial score (nSPS) is 37.7. The molecule has 0 amide bonds. The van der Waals surface area contributed by atoms with Gasteiger partial charge in [0.05, 0.1) is 12.5 Å². The molecule has 0 aromatic carbocycles. The Morgan fingerprint density at radius 3 is 2.40 bits per heavy atom. The second kappa shape index (κ2) is 9.99. The maximum Gasteiger partial charge on any atom is 0.314 e. The highest BCUT2D eigenvalue weighted by atomic mass is 16.6. The molecule has 2 heterocycles. The Balaban J connectivity index is 1.33. The van der Waals surface area contributed by atoms with Gasteiger partial charge in [0.25, 0.3) is 0 Å². The van der Waals surface area contributed by atoms with E-state index in [9.17, 15) is 9.59 Å². The second-order valence-corrected chi connectivity index (χ2v) is 10.3. The average Bonchev–Trinajstić information content (AvgIpc) is 2.98. The topological polar surface area (TPSA) is 81.9 Å². The zero-order chi connectivity index (χ0) is 21.1. The molecule has 2 unspecified atom stereocenters. The number of hydrogen-bond donors (Lipinski definition) is 1. The monoisotopic (exact) mass is 420 g/mol. The van der Waals surface area contributed by atoms with Crippen LogP contribution in [0.5, 0.6) is 0 Å². The number of ether oxygens (including phenoxy) is 2. The van der Waals surface area contributed by atoms with E-state index in [0.717, 1.165) is 77.0 Å². The van der Waals surface area contributed by atoms with Gasteiger partial charge >= 0.3 is 11.9 Å². The summed E-state index contributed by atoms with van der Waals surface area (Å²) in [6.45, 7) is 0.471. The molecule has 30 heavy (non-hydrogen) atoms. The Kier molecular flexibility index (Phi) is 7.35. The van der Waals surface area contributed by atoms with Crippen LogP contribution in [0.25, 0.3) is 0 Å². The number of carbonyl (C=O) groups is 2. The molecule has 6 nitrogen and oxygen atoms in total. The zero-order valence-electron chi connectivity index (χ0n) is 18.6. The van der Waals surface area contributed by atoms with E-state index in [2.05, 4.69) is 11.9 Å². The van der Waals surface area contributed by atoms with E-state index in [1.54, 1.807) is 0 Å². The molecule has 4 rings (SSSR count). The number of hydrogen-bond acceptors (Lipinski definition) is 6. The van der Waals surface area contributed by atoms with Gasteiger partial charge in [-0.05, 0) is 70.8 Å². The quantitative estimate of drug-likeness (QED) is 0.663. The number of fused-ring (bicyclic) bond motifs is 2. The molecule has 0 radical (unpaired) electrons. The first-order valence-electron chi connectivity index (χ1n) is 12.4. The van der Waals surface area contributed by atoms with Gasteiger partial charge in [-0.2, -0.15) is 0 Å². The molecule has 4 fully saturated rings. The first-order valence-corrected chi connectivity index (χ1v) is 12.4. The summed E-state index contributed by atoms with van der Waals surface area (Å²) in [5.41, 5.74) is 6.00. The van der Waals surface area contributed by atoms with Gasteiger partial charge in [0, 0.05) is 24.5 Å². The summed E-state index contributed by atoms with van der Waals surface area (Å²) >= 11 is 0. The summed E-state index contributed by atoms with van der Waals surface area (Å²) in [5, 5.41) is 0. The van der Waals surface area contributed by atoms with Gasteiger partial charge < -0.3 is 15.2 Å². The Hall–Kier alpha value is -1.14. The molecule has 0 aromatic heterocycles. The van der Waals surface area contributed by atoms with Gasteiger partial charge in [0.1, 0.15) is 12.0 Å². The summed E-state index contributed by atoms with van der Waals surface area (Å²) in [4.78, 5) is 28.3. The summed E-state index contributed by atoms with van der Waals surface area (Å²) in [5.74, 6) is 0.0371. The van der Waals surface area contributed by atoms with Crippen LogP contribution in [0.15, 0.2) is 0 Å². The molecule has 0 aromatic rings. The Labute approximate surface area is 181 Å². The van der Waals surface area contributed by atoms with Crippen molar-refractivity contribution in [3.8, 4) is 0 Å². The van der Waals surface area contributed by atoms with Crippen molar-refractivity contribution in [1.29, 1.82) is 0 Å². The number of nitrogens with two attached hydrogens (primary N) is 1. The van der Waals surface area contributed by atoms with Crippen LogP contribution in [0, 0.1) is 17.8 Å². The molecule has 2 N–H and O–H groups in total. The van der Waals surface area contributed by atoms with E-state index in [0.29, 0.717) is 24.6 Å². The van der Waals surface area contributed by atoms with Crippen molar-refractivity contribution in [2.45, 2.75) is 108 Å². The van der Waals surface area contributed by atoms with Crippen molar-refractivity contribution in [2.24, 2.45) is 23.5 Å². The summed E-state index contributed by atoms with van der Waals surface area (Å²) < 4.78 is 11.8. The van der Waals surface area contributed by atoms with Crippen LogP contribution >= 0.6 is 0 Å². The first kappa shape index (κ1) is 22.1. The molecular formula is C24H40N2O4. The van der Waals surface area contributed by atoms with E-state index in [1.807, 2.05) is 0 Å². The lowest BCUT2D eigenvalue weighted by molar-refractivity contribution is -0.173. The number of piperidine rings is 1. The minimum absolute atomic E-state index is 0.0189. The van der Waals surface area contributed by atoms with Crippen molar-refractivity contribution < 1.29 is 19.1 Å². The standard InChI is InChI=1S/C24H40N2O4/c1-26-19-11-12-20(26)22(21(15-19)30-23(27)17-5-3-2-4-6-17)24(28)29-14-13-16-7-9-18(25)10-8-16/h16-22H,2-15,25H2,1H3/t16?,18?,19-,20?,21-,22?/m1/s1. The van der Waals surface area contributed by atoms with Crippen molar-refractivity contribution in [3.63, 3.8) is 0 Å². The van der Waals surface area contributed by atoms with Crippen LogP contribution in [0.1, 0.15) is 83.5 Å². The van der Waals surface area contributed by atoms with E-state index in [1.165, 1.54) is 6.42 Å². The Morgan fingerprint density at radius 1 is 0.933 bits per heavy atom. The van der Waals surface area contributed by atoms with Gasteiger partial charge in [-0.15, -0.1) is 0 Å². The number of rotatable bonds is 6. The fourth-order valence-corrected chi connectivity index (χ4v) is 6.33. The third-order valence-corrected chi connectivity index (χ3v) is 8.35. The predicted octanol–water partition coefficient (Wildman–Crippen LogP) is 3.41. The average molecular weight is 421 g/mol. The molecule has 6 heteroatoms. The van der Waals surface area contributed by atoms with Gasteiger partial charge in [-0.3, -0.25) is 14.5 Å². The van der Waals surface area contributed by atoms with Crippen LogP contribution in [-0.4, -0.2) is 54.7 Å². The maximum absolute atomic E-state index is 13.1. The maximum atomic E-state index is 13.1. The zero-order valence-corrected chi connectivity index (χ0v) is 18.6. The van der Waals surface area contributed by atoms with Crippen molar-refractivity contribution in [1.82, 2.24) is 4.90 Å². The Bertz CT molecular complexity index is 598. The lowest BCUT2D eigenvalue weighted by atomic mass is 9.84. The number of esters is 2. The number of carbonyl (C=O) groups excluding carboxylic acids is 2. The lowest BCUT2D eigenvalue weighted by Gasteiger charge is -2.41. The molecule has 170 valence electrons. The van der Waals surface area contributed by atoms with Gasteiger partial charge in [-0.1, -0.05) is 19.3 Å². The molecule has 2 aliphatic carbocycles. The predicted molar refractivity (Wildman–Crippen MR) is 115 cm³/mol. The molecular weight excluding hydrogens is 380 g/mol. The molecule has 2 saturated heterocycles. The van der Waals surface area contributed by atoms with Crippen LogP contribution < -0.4 is 5.73 Å². The third-order valence-electron chi connectivity index (χ3n) is 8.35.